The number of Topliss-reactive ketones (excluding diaryl/α,β-unsaturated/α-hetero) is 1. The van der Waals surface area contributed by atoms with Crippen LogP contribution in [-0.4, -0.2) is 32.1 Å². The predicted octanol–water partition coefficient (Wildman–Crippen LogP) is 3.16. The number of rotatable bonds is 6. The lowest BCUT2D eigenvalue weighted by atomic mass is 10.0. The molecule has 0 aliphatic heterocycles. The summed E-state index contributed by atoms with van der Waals surface area (Å²) in [6.45, 7) is 1.75. The van der Waals surface area contributed by atoms with Gasteiger partial charge < -0.3 is 9.30 Å². The summed E-state index contributed by atoms with van der Waals surface area (Å²) in [7, 11) is 2.70. The van der Waals surface area contributed by atoms with E-state index in [2.05, 4.69) is 10.1 Å². The minimum atomic E-state index is -4.63. The first-order chi connectivity index (χ1) is 14.0. The third kappa shape index (κ3) is 4.39. The normalized spacial score (nSPS) is 13.0. The molecule has 0 fully saturated rings. The minimum absolute atomic E-state index is 0.164. The number of carbonyl (C=O) groups is 1. The van der Waals surface area contributed by atoms with Gasteiger partial charge in [-0.2, -0.15) is 18.3 Å². The molecule has 0 amide bonds. The molecule has 0 bridgehead atoms. The van der Waals surface area contributed by atoms with Crippen molar-refractivity contribution in [2.24, 2.45) is 7.05 Å². The van der Waals surface area contributed by atoms with E-state index in [1.54, 1.807) is 13.0 Å². The first kappa shape index (κ1) is 22.0. The van der Waals surface area contributed by atoms with Gasteiger partial charge in [-0.1, -0.05) is 11.6 Å². The number of pyridine rings is 1. The molecule has 3 heterocycles. The summed E-state index contributed by atoms with van der Waals surface area (Å²) in [6, 6.07) is 2.26. The number of ketones is 1. The van der Waals surface area contributed by atoms with Gasteiger partial charge in [0.1, 0.15) is 5.78 Å². The third-order valence-corrected chi connectivity index (χ3v) is 4.85. The molecule has 0 spiro atoms. The van der Waals surface area contributed by atoms with E-state index in [-0.39, 0.29) is 17.1 Å². The van der Waals surface area contributed by atoms with Crippen LogP contribution < -0.4 is 5.56 Å². The fourth-order valence-electron chi connectivity index (χ4n) is 3.19. The topological polar surface area (TPSA) is 78.5 Å². The number of hydrogen-bond acceptors (Lipinski definition) is 5. The van der Waals surface area contributed by atoms with Crippen LogP contribution in [0.25, 0.3) is 5.65 Å². The molecule has 3 aromatic rings. The van der Waals surface area contributed by atoms with E-state index in [0.29, 0.717) is 29.2 Å². The molecule has 11 heteroatoms. The SMILES string of the molecule is CO[C@@H](C)c1c(CC(=O)Cc2cc(C(F)(F)F)cn(C)c2=O)cnc2cc(Cl)nn12. The van der Waals surface area contributed by atoms with Gasteiger partial charge in [0.15, 0.2) is 10.8 Å². The van der Waals surface area contributed by atoms with Crippen LogP contribution in [0.3, 0.4) is 0 Å². The second kappa shape index (κ2) is 8.19. The standard InChI is InChI=1S/C19H18ClF3N4O3/c1-10(30-3)17-12(8-24-16-7-15(20)25-27(16)17)6-14(28)5-11-4-13(19(21,22)23)9-26(2)18(11)29/h4,7-10H,5-6H2,1-3H3/t10-/m0/s1. The zero-order valence-corrected chi connectivity index (χ0v) is 17.1. The van der Waals surface area contributed by atoms with Crippen molar-refractivity contribution in [3.63, 3.8) is 0 Å². The van der Waals surface area contributed by atoms with Gasteiger partial charge in [0.05, 0.1) is 17.4 Å². The van der Waals surface area contributed by atoms with Crippen LogP contribution in [0.2, 0.25) is 5.15 Å². The number of fused-ring (bicyclic) bond motifs is 1. The largest absolute Gasteiger partial charge is 0.417 e. The van der Waals surface area contributed by atoms with E-state index in [0.717, 1.165) is 4.57 Å². The highest BCUT2D eigenvalue weighted by molar-refractivity contribution is 6.29. The summed E-state index contributed by atoms with van der Waals surface area (Å²) in [6.07, 6.45) is -3.53. The minimum Gasteiger partial charge on any atom is -0.375 e. The molecule has 1 atom stereocenters. The molecule has 30 heavy (non-hydrogen) atoms. The Kier molecular flexibility index (Phi) is 6.00. The summed E-state index contributed by atoms with van der Waals surface area (Å²) < 4.78 is 46.8. The Balaban J connectivity index is 1.95. The zero-order valence-electron chi connectivity index (χ0n) is 16.3. The number of carbonyl (C=O) groups excluding carboxylic acids is 1. The second-order valence-corrected chi connectivity index (χ2v) is 7.23. The average Bonchev–Trinajstić information content (AvgIpc) is 3.03. The lowest BCUT2D eigenvalue weighted by molar-refractivity contribution is -0.138. The number of hydrogen-bond donors (Lipinski definition) is 0. The molecule has 0 aromatic carbocycles. The number of ether oxygens (including phenoxy) is 1. The molecular formula is C19H18ClF3N4O3. The van der Waals surface area contributed by atoms with Crippen LogP contribution in [0.4, 0.5) is 13.2 Å². The highest BCUT2D eigenvalue weighted by Gasteiger charge is 2.32. The van der Waals surface area contributed by atoms with E-state index in [1.807, 2.05) is 0 Å². The highest BCUT2D eigenvalue weighted by Crippen LogP contribution is 2.29. The summed E-state index contributed by atoms with van der Waals surface area (Å²) >= 11 is 5.94. The molecule has 0 radical (unpaired) electrons. The summed E-state index contributed by atoms with van der Waals surface area (Å²) in [5, 5.41) is 4.36. The van der Waals surface area contributed by atoms with Gasteiger partial charge in [-0.05, 0) is 13.0 Å². The van der Waals surface area contributed by atoms with Crippen LogP contribution in [0.1, 0.15) is 35.4 Å². The maximum atomic E-state index is 13.1. The third-order valence-electron chi connectivity index (χ3n) is 4.67. The Morgan fingerprint density at radius 3 is 2.57 bits per heavy atom. The van der Waals surface area contributed by atoms with Gasteiger partial charge in [-0.15, -0.1) is 0 Å². The fourth-order valence-corrected chi connectivity index (χ4v) is 3.36. The van der Waals surface area contributed by atoms with Gasteiger partial charge in [0, 0.05) is 56.6 Å². The number of aryl methyl sites for hydroxylation is 1. The average molecular weight is 443 g/mol. The lowest BCUT2D eigenvalue weighted by Crippen LogP contribution is -2.26. The van der Waals surface area contributed by atoms with Gasteiger partial charge in [0.2, 0.25) is 0 Å². The van der Waals surface area contributed by atoms with Crippen molar-refractivity contribution in [3.05, 3.63) is 62.4 Å². The Morgan fingerprint density at radius 1 is 1.27 bits per heavy atom. The fraction of sp³-hybridized carbons (Fsp3) is 0.368. The number of halogens is 4. The Hall–Kier alpha value is -2.72. The van der Waals surface area contributed by atoms with Gasteiger partial charge >= 0.3 is 6.18 Å². The molecule has 0 N–H and O–H groups in total. The van der Waals surface area contributed by atoms with E-state index in [1.165, 1.54) is 24.9 Å². The zero-order chi connectivity index (χ0) is 22.2. The van der Waals surface area contributed by atoms with Crippen molar-refractivity contribution in [1.82, 2.24) is 19.2 Å². The number of aromatic nitrogens is 4. The summed E-state index contributed by atoms with van der Waals surface area (Å²) in [4.78, 5) is 29.1. The molecule has 0 aliphatic carbocycles. The van der Waals surface area contributed by atoms with Crippen molar-refractivity contribution in [1.29, 1.82) is 0 Å². The Labute approximate surface area is 174 Å². The van der Waals surface area contributed by atoms with Crippen LogP contribution in [0.5, 0.6) is 0 Å². The van der Waals surface area contributed by atoms with E-state index in [9.17, 15) is 22.8 Å². The number of nitrogens with zero attached hydrogens (tertiary/aromatic N) is 4. The molecule has 7 nitrogen and oxygen atoms in total. The molecule has 160 valence electrons. The van der Waals surface area contributed by atoms with Crippen molar-refractivity contribution in [3.8, 4) is 0 Å². The molecular weight excluding hydrogens is 425 g/mol. The van der Waals surface area contributed by atoms with Crippen LogP contribution in [-0.2, 0) is 35.6 Å². The highest BCUT2D eigenvalue weighted by atomic mass is 35.5. The molecule has 0 saturated heterocycles. The Bertz CT molecular complexity index is 1170. The smallest absolute Gasteiger partial charge is 0.375 e. The summed E-state index contributed by atoms with van der Waals surface area (Å²) in [5.41, 5.74) is -0.397. The van der Waals surface area contributed by atoms with Crippen LogP contribution >= 0.6 is 11.6 Å². The molecule has 0 aliphatic rings. The maximum Gasteiger partial charge on any atom is 0.417 e. The van der Waals surface area contributed by atoms with E-state index >= 15 is 0 Å². The lowest BCUT2D eigenvalue weighted by Gasteiger charge is -2.16. The van der Waals surface area contributed by atoms with E-state index in [4.69, 9.17) is 16.3 Å². The van der Waals surface area contributed by atoms with Gasteiger partial charge in [0.25, 0.3) is 5.56 Å². The van der Waals surface area contributed by atoms with Crippen molar-refractivity contribution >= 4 is 23.0 Å². The van der Waals surface area contributed by atoms with Gasteiger partial charge in [-0.25, -0.2) is 9.50 Å². The first-order valence-electron chi connectivity index (χ1n) is 8.85. The van der Waals surface area contributed by atoms with E-state index < -0.39 is 35.6 Å². The first-order valence-corrected chi connectivity index (χ1v) is 9.23. The molecule has 3 aromatic heterocycles. The monoisotopic (exact) mass is 442 g/mol. The van der Waals surface area contributed by atoms with Crippen molar-refractivity contribution < 1.29 is 22.7 Å². The number of methoxy groups -OCH3 is 1. The number of alkyl halides is 3. The Morgan fingerprint density at radius 2 is 1.93 bits per heavy atom. The summed E-state index contributed by atoms with van der Waals surface area (Å²) in [5.74, 6) is -0.449. The van der Waals surface area contributed by atoms with Crippen LogP contribution in [0, 0.1) is 0 Å². The maximum absolute atomic E-state index is 13.1. The molecule has 3 rings (SSSR count). The molecule has 0 unspecified atom stereocenters. The van der Waals surface area contributed by atoms with Crippen molar-refractivity contribution in [2.75, 3.05) is 7.11 Å². The predicted molar refractivity (Wildman–Crippen MR) is 103 cm³/mol. The molecule has 0 saturated carbocycles. The van der Waals surface area contributed by atoms with Gasteiger partial charge in [-0.3, -0.25) is 9.59 Å². The quantitative estimate of drug-likeness (QED) is 0.586. The van der Waals surface area contributed by atoms with Crippen molar-refractivity contribution in [2.45, 2.75) is 32.0 Å². The second-order valence-electron chi connectivity index (χ2n) is 6.84. The van der Waals surface area contributed by atoms with Crippen LogP contribution in [0.15, 0.2) is 29.3 Å².